The molecular formula is C27H35N3O4S. The molecule has 0 bridgehead atoms. The van der Waals surface area contributed by atoms with E-state index in [0.717, 1.165) is 31.6 Å². The highest BCUT2D eigenvalue weighted by Crippen LogP contribution is 2.15. The molecule has 1 heterocycles. The van der Waals surface area contributed by atoms with E-state index in [0.29, 0.717) is 30.0 Å². The molecule has 0 saturated carbocycles. The normalized spacial score (nSPS) is 14.8. The number of hydrogen-bond donors (Lipinski definition) is 3. The molecule has 2 aromatic rings. The average Bonchev–Trinajstić information content (AvgIpc) is 3.39. The van der Waals surface area contributed by atoms with E-state index in [1.54, 1.807) is 48.5 Å². The largest absolute Gasteiger partial charge is 0.494 e. The first kappa shape index (κ1) is 26.6. The second-order valence-corrected chi connectivity index (χ2v) is 9.03. The highest BCUT2D eigenvalue weighted by molar-refractivity contribution is 7.80. The molecule has 35 heavy (non-hydrogen) atoms. The van der Waals surface area contributed by atoms with E-state index in [-0.39, 0.29) is 23.0 Å². The van der Waals surface area contributed by atoms with Crippen molar-refractivity contribution in [2.75, 3.05) is 25.1 Å². The molecule has 188 valence electrons. The second-order valence-electron chi connectivity index (χ2n) is 8.62. The van der Waals surface area contributed by atoms with E-state index in [9.17, 15) is 9.59 Å². The van der Waals surface area contributed by atoms with Crippen molar-refractivity contribution in [3.8, 4) is 5.75 Å². The molecule has 1 fully saturated rings. The van der Waals surface area contributed by atoms with Gasteiger partial charge in [0, 0.05) is 30.0 Å². The van der Waals surface area contributed by atoms with Gasteiger partial charge in [0.25, 0.3) is 11.8 Å². The smallest absolute Gasteiger partial charge is 0.257 e. The Labute approximate surface area is 213 Å². The molecule has 7 nitrogen and oxygen atoms in total. The SMILES string of the molecule is CCCCCCCOc1ccc(C(=O)NC(=S)Nc2ccc(C(=O)NCC3CCCO3)cc2)cc1. The summed E-state index contributed by atoms with van der Waals surface area (Å²) in [7, 11) is 0. The van der Waals surface area contributed by atoms with Gasteiger partial charge in [0.2, 0.25) is 0 Å². The molecule has 0 aromatic heterocycles. The van der Waals surface area contributed by atoms with Gasteiger partial charge in [-0.1, -0.05) is 32.6 Å². The van der Waals surface area contributed by atoms with Crippen LogP contribution in [-0.2, 0) is 4.74 Å². The molecule has 0 spiro atoms. The number of thiocarbonyl (C=S) groups is 1. The van der Waals surface area contributed by atoms with Gasteiger partial charge in [-0.25, -0.2) is 0 Å². The quantitative estimate of drug-likeness (QED) is 0.280. The maximum Gasteiger partial charge on any atom is 0.257 e. The van der Waals surface area contributed by atoms with E-state index < -0.39 is 0 Å². The molecule has 0 radical (unpaired) electrons. The number of nitrogens with one attached hydrogen (secondary N) is 3. The lowest BCUT2D eigenvalue weighted by Crippen LogP contribution is -2.34. The molecule has 2 amide bonds. The zero-order chi connectivity index (χ0) is 24.9. The molecule has 2 aromatic carbocycles. The number of rotatable bonds is 12. The van der Waals surface area contributed by atoms with Crippen molar-refractivity contribution in [1.29, 1.82) is 0 Å². The second kappa shape index (κ2) is 14.4. The Morgan fingerprint density at radius 3 is 2.34 bits per heavy atom. The Balaban J connectivity index is 1.39. The van der Waals surface area contributed by atoms with Gasteiger partial charge in [-0.15, -0.1) is 0 Å². The van der Waals surface area contributed by atoms with Crippen LogP contribution in [-0.4, -0.2) is 42.8 Å². The summed E-state index contributed by atoms with van der Waals surface area (Å²) < 4.78 is 11.3. The zero-order valence-corrected chi connectivity index (χ0v) is 21.1. The Bertz CT molecular complexity index is 957. The summed E-state index contributed by atoms with van der Waals surface area (Å²) in [6, 6.07) is 13.9. The maximum absolute atomic E-state index is 12.5. The Kier molecular flexibility index (Phi) is 11.0. The van der Waals surface area contributed by atoms with Crippen LogP contribution in [0, 0.1) is 0 Å². The lowest BCUT2D eigenvalue weighted by Gasteiger charge is -2.12. The van der Waals surface area contributed by atoms with E-state index in [1.165, 1.54) is 25.7 Å². The fourth-order valence-corrected chi connectivity index (χ4v) is 3.97. The molecule has 0 aliphatic carbocycles. The van der Waals surface area contributed by atoms with Crippen molar-refractivity contribution >= 4 is 34.8 Å². The summed E-state index contributed by atoms with van der Waals surface area (Å²) in [6.07, 6.45) is 8.05. The van der Waals surface area contributed by atoms with Crippen LogP contribution in [0.15, 0.2) is 48.5 Å². The summed E-state index contributed by atoms with van der Waals surface area (Å²) in [6.45, 7) is 4.15. The highest BCUT2D eigenvalue weighted by atomic mass is 32.1. The molecule has 1 atom stereocenters. The van der Waals surface area contributed by atoms with Crippen molar-refractivity contribution in [2.24, 2.45) is 0 Å². The number of hydrogen-bond acceptors (Lipinski definition) is 5. The van der Waals surface area contributed by atoms with Crippen LogP contribution >= 0.6 is 12.2 Å². The molecule has 1 saturated heterocycles. The van der Waals surface area contributed by atoms with Crippen molar-refractivity contribution in [1.82, 2.24) is 10.6 Å². The van der Waals surface area contributed by atoms with Gasteiger partial charge in [0.05, 0.1) is 12.7 Å². The van der Waals surface area contributed by atoms with Gasteiger partial charge >= 0.3 is 0 Å². The average molecular weight is 498 g/mol. The highest BCUT2D eigenvalue weighted by Gasteiger charge is 2.16. The molecule has 3 rings (SSSR count). The number of anilines is 1. The first-order chi connectivity index (χ1) is 17.0. The number of amides is 2. The van der Waals surface area contributed by atoms with Gasteiger partial charge in [-0.3, -0.25) is 14.9 Å². The lowest BCUT2D eigenvalue weighted by atomic mass is 10.2. The van der Waals surface area contributed by atoms with Crippen molar-refractivity contribution in [3.05, 3.63) is 59.7 Å². The van der Waals surface area contributed by atoms with Crippen LogP contribution in [0.1, 0.15) is 72.6 Å². The predicted octanol–water partition coefficient (Wildman–Crippen LogP) is 5.07. The zero-order valence-electron chi connectivity index (χ0n) is 20.3. The molecule has 3 N–H and O–H groups in total. The van der Waals surface area contributed by atoms with E-state index in [2.05, 4.69) is 22.9 Å². The minimum Gasteiger partial charge on any atom is -0.494 e. The topological polar surface area (TPSA) is 88.7 Å². The summed E-state index contributed by atoms with van der Waals surface area (Å²) in [5, 5.41) is 8.71. The van der Waals surface area contributed by atoms with Crippen LogP contribution in [0.4, 0.5) is 5.69 Å². The Morgan fingerprint density at radius 2 is 1.66 bits per heavy atom. The molecule has 1 aliphatic heterocycles. The minimum absolute atomic E-state index is 0.102. The number of carbonyl (C=O) groups excluding carboxylic acids is 2. The molecule has 8 heteroatoms. The molecular weight excluding hydrogens is 462 g/mol. The van der Waals surface area contributed by atoms with Gasteiger partial charge < -0.3 is 20.1 Å². The number of unbranched alkanes of at least 4 members (excludes halogenated alkanes) is 4. The Hall–Kier alpha value is -2.97. The van der Waals surface area contributed by atoms with Gasteiger partial charge in [0.15, 0.2) is 5.11 Å². The fraction of sp³-hybridized carbons (Fsp3) is 0.444. The van der Waals surface area contributed by atoms with E-state index in [4.69, 9.17) is 21.7 Å². The summed E-state index contributed by atoms with van der Waals surface area (Å²) >= 11 is 5.27. The predicted molar refractivity (Wildman–Crippen MR) is 142 cm³/mol. The first-order valence-electron chi connectivity index (χ1n) is 12.4. The Morgan fingerprint density at radius 1 is 0.971 bits per heavy atom. The number of carbonyl (C=O) groups is 2. The van der Waals surface area contributed by atoms with Crippen LogP contribution in [0.2, 0.25) is 0 Å². The fourth-order valence-electron chi connectivity index (χ4n) is 3.75. The maximum atomic E-state index is 12.5. The summed E-state index contributed by atoms with van der Waals surface area (Å²) in [4.78, 5) is 24.8. The van der Waals surface area contributed by atoms with Gasteiger partial charge in [0.1, 0.15) is 5.75 Å². The first-order valence-corrected chi connectivity index (χ1v) is 12.8. The summed E-state index contributed by atoms with van der Waals surface area (Å²) in [5.41, 5.74) is 1.71. The third-order valence-electron chi connectivity index (χ3n) is 5.78. The minimum atomic E-state index is -0.307. The van der Waals surface area contributed by atoms with Crippen LogP contribution in [0.25, 0.3) is 0 Å². The van der Waals surface area contributed by atoms with E-state index >= 15 is 0 Å². The van der Waals surface area contributed by atoms with Crippen LogP contribution in [0.3, 0.4) is 0 Å². The van der Waals surface area contributed by atoms with Gasteiger partial charge in [-0.2, -0.15) is 0 Å². The van der Waals surface area contributed by atoms with Crippen molar-refractivity contribution in [2.45, 2.75) is 58.0 Å². The monoisotopic (exact) mass is 497 g/mol. The lowest BCUT2D eigenvalue weighted by molar-refractivity contribution is 0.0857. The third-order valence-corrected chi connectivity index (χ3v) is 5.98. The van der Waals surface area contributed by atoms with Crippen LogP contribution < -0.4 is 20.7 Å². The van der Waals surface area contributed by atoms with Gasteiger partial charge in [-0.05, 0) is 80.0 Å². The number of ether oxygens (including phenoxy) is 2. The van der Waals surface area contributed by atoms with Crippen LogP contribution in [0.5, 0.6) is 5.75 Å². The standard InChI is InChI=1S/C27H35N3O4S/c1-2-3-4-5-6-17-33-23-15-11-21(12-16-23)26(32)30-27(35)29-22-13-9-20(10-14-22)25(31)28-19-24-8-7-18-34-24/h9-16,24H,2-8,17-19H2,1H3,(H,28,31)(H2,29,30,32,35). The molecule has 1 unspecified atom stereocenters. The van der Waals surface area contributed by atoms with E-state index in [1.807, 2.05) is 0 Å². The number of benzene rings is 2. The summed E-state index contributed by atoms with van der Waals surface area (Å²) in [5.74, 6) is 0.295. The molecule has 1 aliphatic rings. The van der Waals surface area contributed by atoms with Crippen molar-refractivity contribution in [3.63, 3.8) is 0 Å². The third kappa shape index (κ3) is 9.30. The van der Waals surface area contributed by atoms with Crippen molar-refractivity contribution < 1.29 is 19.1 Å².